The van der Waals surface area contributed by atoms with E-state index in [-0.39, 0.29) is 16.9 Å². The molecule has 1 saturated carbocycles. The largest absolute Gasteiger partial charge is 0.573 e. The fourth-order valence-electron chi connectivity index (χ4n) is 6.07. The third kappa shape index (κ3) is 7.65. The third-order valence-electron chi connectivity index (χ3n) is 8.54. The molecule has 0 saturated heterocycles. The fraction of sp³-hybridized carbons (Fsp3) is 0.424. The van der Waals surface area contributed by atoms with Crippen LogP contribution >= 0.6 is 0 Å². The van der Waals surface area contributed by atoms with Crippen LogP contribution in [0.25, 0.3) is 0 Å². The highest BCUT2D eigenvalue weighted by Gasteiger charge is 2.45. The molecule has 1 aliphatic heterocycles. The Kier molecular flexibility index (Phi) is 9.69. The smallest absolute Gasteiger partial charge is 0.485 e. The van der Waals surface area contributed by atoms with Crippen LogP contribution in [0.1, 0.15) is 73.5 Å². The molecular weight excluding hydrogens is 623 g/mol. The Hall–Kier alpha value is -3.65. The average molecular weight is 662 g/mol. The summed E-state index contributed by atoms with van der Waals surface area (Å²) < 4.78 is 78.3. The highest BCUT2D eigenvalue weighted by atomic mass is 32.2. The highest BCUT2D eigenvalue weighted by molar-refractivity contribution is 7.89. The number of carbonyl (C=O) groups excluding carboxylic acids is 1. The topological polar surface area (TPSA) is 117 Å². The number of nitrogens with zero attached hydrogens (tertiary/aromatic N) is 1. The van der Waals surface area contributed by atoms with Gasteiger partial charge in [-0.2, -0.15) is 0 Å². The van der Waals surface area contributed by atoms with Crippen molar-refractivity contribution >= 4 is 21.6 Å². The molecule has 1 aliphatic carbocycles. The molecule has 0 bridgehead atoms. The van der Waals surface area contributed by atoms with Crippen LogP contribution in [0, 0.1) is 0 Å². The Labute approximate surface area is 266 Å². The minimum Gasteiger partial charge on any atom is -0.485 e. The molecule has 0 spiro atoms. The molecule has 3 aromatic carbocycles. The van der Waals surface area contributed by atoms with Crippen LogP contribution in [-0.2, 0) is 16.6 Å². The van der Waals surface area contributed by atoms with Crippen molar-refractivity contribution in [1.82, 2.24) is 9.62 Å². The van der Waals surface area contributed by atoms with Crippen LogP contribution in [0.5, 0.6) is 11.5 Å². The molecule has 13 heteroatoms. The van der Waals surface area contributed by atoms with E-state index in [9.17, 15) is 31.5 Å². The quantitative estimate of drug-likeness (QED) is 0.252. The van der Waals surface area contributed by atoms with Crippen LogP contribution in [-0.4, -0.2) is 55.5 Å². The van der Waals surface area contributed by atoms with Crippen molar-refractivity contribution < 1.29 is 41.0 Å². The van der Waals surface area contributed by atoms with Crippen molar-refractivity contribution in [3.63, 3.8) is 0 Å². The molecule has 1 fully saturated rings. The predicted octanol–water partition coefficient (Wildman–Crippen LogP) is 6.15. The zero-order valence-electron chi connectivity index (χ0n) is 25.8. The molecule has 9 nitrogen and oxygen atoms in total. The second kappa shape index (κ2) is 13.2. The Morgan fingerprint density at radius 2 is 1.72 bits per heavy atom. The first-order valence-corrected chi connectivity index (χ1v) is 16.6. The van der Waals surface area contributed by atoms with E-state index in [0.29, 0.717) is 18.3 Å². The number of anilines is 1. The van der Waals surface area contributed by atoms with Gasteiger partial charge >= 0.3 is 6.36 Å². The van der Waals surface area contributed by atoms with Crippen LogP contribution in [0.15, 0.2) is 71.6 Å². The van der Waals surface area contributed by atoms with Gasteiger partial charge in [0.15, 0.2) is 0 Å². The van der Waals surface area contributed by atoms with Gasteiger partial charge in [-0.1, -0.05) is 49.6 Å². The molecular formula is C33H38F3N3O6S. The summed E-state index contributed by atoms with van der Waals surface area (Å²) in [5.74, 6) is -1.20. The van der Waals surface area contributed by atoms with Gasteiger partial charge in [0.1, 0.15) is 28.1 Å². The van der Waals surface area contributed by atoms with Crippen molar-refractivity contribution in [2.75, 3.05) is 12.4 Å². The molecule has 0 unspecified atom stereocenters. The zero-order chi connectivity index (χ0) is 33.3. The molecule has 1 heterocycles. The normalized spacial score (nSPS) is 20.1. The molecule has 248 valence electrons. The minimum absolute atomic E-state index is 0.141. The van der Waals surface area contributed by atoms with Crippen molar-refractivity contribution in [2.24, 2.45) is 0 Å². The number of ether oxygens (including phenoxy) is 2. The van der Waals surface area contributed by atoms with E-state index in [4.69, 9.17) is 4.74 Å². The number of nitrogens with one attached hydrogen (secondary N) is 2. The van der Waals surface area contributed by atoms with E-state index in [1.54, 1.807) is 13.8 Å². The SMILES string of the molecule is CN(Cc1ccccc1NC(=O)c1ccc2c(c1)[C@@H](NS(=O)(=O)c1ccccc1OC(F)(F)F)[C@H](O)C(C)(C)O2)C1CCCCC1. The highest BCUT2D eigenvalue weighted by Crippen LogP contribution is 2.42. The first-order valence-electron chi connectivity index (χ1n) is 15.1. The van der Waals surface area contributed by atoms with Crippen LogP contribution in [0.4, 0.5) is 18.9 Å². The summed E-state index contributed by atoms with van der Waals surface area (Å²) in [7, 11) is -2.61. The maximum absolute atomic E-state index is 13.5. The van der Waals surface area contributed by atoms with Gasteiger partial charge in [-0.05, 0) is 75.7 Å². The van der Waals surface area contributed by atoms with E-state index in [0.717, 1.165) is 30.5 Å². The second-order valence-electron chi connectivity index (χ2n) is 12.3. The fourth-order valence-corrected chi connectivity index (χ4v) is 7.42. The van der Waals surface area contributed by atoms with Crippen LogP contribution in [0.3, 0.4) is 0 Å². The van der Waals surface area contributed by atoms with Gasteiger partial charge in [-0.3, -0.25) is 9.69 Å². The Bertz CT molecular complexity index is 1680. The number of alkyl halides is 3. The molecule has 3 N–H and O–H groups in total. The number of para-hydroxylation sites is 2. The van der Waals surface area contributed by atoms with E-state index in [1.165, 1.54) is 49.6 Å². The van der Waals surface area contributed by atoms with Crippen LogP contribution < -0.4 is 19.5 Å². The van der Waals surface area contributed by atoms with Gasteiger partial charge in [0, 0.05) is 29.4 Å². The third-order valence-corrected chi connectivity index (χ3v) is 10.0. The molecule has 3 aromatic rings. The Morgan fingerprint density at radius 3 is 2.43 bits per heavy atom. The van der Waals surface area contributed by atoms with Gasteiger partial charge < -0.3 is 19.9 Å². The number of sulfonamides is 1. The number of rotatable bonds is 9. The van der Waals surface area contributed by atoms with Crippen molar-refractivity contribution in [2.45, 2.75) is 87.5 Å². The van der Waals surface area contributed by atoms with Crippen LogP contribution in [0.2, 0.25) is 0 Å². The lowest BCUT2D eigenvalue weighted by Crippen LogP contribution is -2.53. The number of amides is 1. The molecule has 46 heavy (non-hydrogen) atoms. The number of aliphatic hydroxyl groups excluding tert-OH is 1. The van der Waals surface area contributed by atoms with Gasteiger partial charge in [0.25, 0.3) is 5.91 Å². The number of fused-ring (bicyclic) bond motifs is 1. The lowest BCUT2D eigenvalue weighted by molar-refractivity contribution is -0.275. The first-order chi connectivity index (χ1) is 21.6. The lowest BCUT2D eigenvalue weighted by Gasteiger charge is -2.42. The molecule has 5 rings (SSSR count). The van der Waals surface area contributed by atoms with E-state index in [1.807, 2.05) is 24.3 Å². The number of hydrogen-bond acceptors (Lipinski definition) is 7. The van der Waals surface area contributed by atoms with Gasteiger partial charge in [-0.15, -0.1) is 13.2 Å². The van der Waals surface area contributed by atoms with Gasteiger partial charge in [0.05, 0.1) is 6.04 Å². The molecule has 2 atom stereocenters. The Morgan fingerprint density at radius 1 is 1.04 bits per heavy atom. The number of aliphatic hydroxyl groups is 1. The summed E-state index contributed by atoms with van der Waals surface area (Å²) in [6, 6.07) is 15.3. The molecule has 0 radical (unpaired) electrons. The maximum Gasteiger partial charge on any atom is 0.573 e. The molecule has 0 aromatic heterocycles. The van der Waals surface area contributed by atoms with E-state index in [2.05, 4.69) is 26.7 Å². The van der Waals surface area contributed by atoms with E-state index >= 15 is 0 Å². The van der Waals surface area contributed by atoms with Gasteiger partial charge in [-0.25, -0.2) is 13.1 Å². The summed E-state index contributed by atoms with van der Waals surface area (Å²) in [6.07, 6.45) is -0.698. The molecule has 1 amide bonds. The zero-order valence-corrected chi connectivity index (χ0v) is 26.6. The first kappa shape index (κ1) is 33.7. The second-order valence-corrected chi connectivity index (χ2v) is 14.0. The van der Waals surface area contributed by atoms with Crippen molar-refractivity contribution in [3.05, 3.63) is 83.4 Å². The average Bonchev–Trinajstić information content (AvgIpc) is 3.00. The minimum atomic E-state index is -5.13. The summed E-state index contributed by atoms with van der Waals surface area (Å²) in [5, 5.41) is 14.2. The summed E-state index contributed by atoms with van der Waals surface area (Å²) in [4.78, 5) is 15.1. The Balaban J connectivity index is 1.42. The van der Waals surface area contributed by atoms with E-state index < -0.39 is 50.7 Å². The lowest BCUT2D eigenvalue weighted by atomic mass is 9.86. The monoisotopic (exact) mass is 661 g/mol. The number of hydrogen-bond donors (Lipinski definition) is 3. The van der Waals surface area contributed by atoms with Crippen molar-refractivity contribution in [3.8, 4) is 11.5 Å². The predicted molar refractivity (Wildman–Crippen MR) is 166 cm³/mol. The number of halogens is 3. The van der Waals surface area contributed by atoms with Crippen molar-refractivity contribution in [1.29, 1.82) is 0 Å². The number of carbonyl (C=O) groups is 1. The summed E-state index contributed by atoms with van der Waals surface area (Å²) in [5.41, 5.74) is 0.573. The summed E-state index contributed by atoms with van der Waals surface area (Å²) in [6.45, 7) is 3.73. The standard InChI is InChI=1S/C33H38F3N3O6S/c1-32(2)30(40)29(38-46(42,43)28-16-10-9-15-27(28)45-33(34,35)36)24-19-21(17-18-26(24)44-32)31(41)37-25-14-8-7-11-22(25)20-39(3)23-12-5-4-6-13-23/h7-11,14-19,23,29-30,38,40H,4-6,12-13,20H2,1-3H3,(H,37,41)/t29-,30+/m1/s1. The molecule has 2 aliphatic rings. The maximum atomic E-state index is 13.5. The summed E-state index contributed by atoms with van der Waals surface area (Å²) >= 11 is 0. The number of benzene rings is 3. The van der Waals surface area contributed by atoms with Gasteiger partial charge in [0.2, 0.25) is 10.0 Å².